The first-order chi connectivity index (χ1) is 35.2. The molecule has 0 saturated heterocycles. The fourth-order valence-electron chi connectivity index (χ4n) is 15.2. The van der Waals surface area contributed by atoms with E-state index in [2.05, 4.69) is 250 Å². The smallest absolute Gasteiger partial charge is 0.254 e. The molecule has 2 aliphatic heterocycles. The predicted molar refractivity (Wildman–Crippen MR) is 338 cm³/mol. The van der Waals surface area contributed by atoms with Crippen molar-refractivity contribution in [3.63, 3.8) is 0 Å². The second kappa shape index (κ2) is 16.5. The Bertz CT molecular complexity index is 3520. The molecule has 1 aromatic heterocycles. The summed E-state index contributed by atoms with van der Waals surface area (Å²) in [4.78, 5) is 5.59. The highest BCUT2D eigenvalue weighted by Gasteiger charge is 2.49. The van der Waals surface area contributed by atoms with Gasteiger partial charge in [0.05, 0.1) is 13.1 Å². The van der Waals surface area contributed by atoms with Crippen LogP contribution in [0.2, 0.25) is 19.6 Å². The molecule has 0 amide bonds. The molecule has 2 unspecified atom stereocenters. The molecule has 396 valence electrons. The zero-order valence-electron chi connectivity index (χ0n) is 50.4. The molecule has 2 atom stereocenters. The van der Waals surface area contributed by atoms with Crippen LogP contribution in [-0.2, 0) is 37.9 Å². The highest BCUT2D eigenvalue weighted by molar-refractivity contribution is 7.26. The minimum Gasteiger partial charge on any atom is -0.311 e. The SMILES string of the molecule is Cc1cc2c(cc1N1c3cc(C(C)(C)C)ccc3B3c4c1cc(C1C=CC([Si](C)(C)C)=CC1C)cc4N(c1ccc4c(c1)C(C)(C)CCC4(C)C)c1sc4cc5c(cc4c13)C(C)(C)CCC5(C)C)C(C)(C)CCC2(C)C. The van der Waals surface area contributed by atoms with E-state index in [0.29, 0.717) is 5.92 Å². The first kappa shape index (κ1) is 52.1. The molecule has 3 heterocycles. The van der Waals surface area contributed by atoms with Gasteiger partial charge < -0.3 is 9.80 Å². The third-order valence-electron chi connectivity index (χ3n) is 20.8. The highest BCUT2D eigenvalue weighted by atomic mass is 32.1. The van der Waals surface area contributed by atoms with E-state index in [4.69, 9.17) is 0 Å². The van der Waals surface area contributed by atoms with Crippen LogP contribution in [0.25, 0.3) is 10.1 Å². The molecule has 12 rings (SSSR count). The lowest BCUT2D eigenvalue weighted by Gasteiger charge is -2.47. The van der Waals surface area contributed by atoms with Gasteiger partial charge in [0.15, 0.2) is 0 Å². The Balaban J connectivity index is 1.24. The maximum absolute atomic E-state index is 2.80. The fourth-order valence-corrected chi connectivity index (χ4v) is 17.8. The number of anilines is 6. The number of thiophene rings is 1. The Morgan fingerprint density at radius 3 is 1.64 bits per heavy atom. The third-order valence-corrected chi connectivity index (χ3v) is 24.0. The molecule has 0 bridgehead atoms. The summed E-state index contributed by atoms with van der Waals surface area (Å²) < 4.78 is 1.42. The molecular weight excluding hydrogens is 952 g/mol. The van der Waals surface area contributed by atoms with Crippen molar-refractivity contribution in [2.75, 3.05) is 9.80 Å². The van der Waals surface area contributed by atoms with Gasteiger partial charge in [0, 0.05) is 39.1 Å². The van der Waals surface area contributed by atoms with Crippen LogP contribution in [0.1, 0.15) is 205 Å². The average Bonchev–Trinajstić information content (AvgIpc) is 3.86. The Morgan fingerprint density at radius 2 is 1.08 bits per heavy atom. The molecular formula is C71H89BN2SSi. The number of hydrogen-bond donors (Lipinski definition) is 0. The van der Waals surface area contributed by atoms with Gasteiger partial charge in [-0.25, -0.2) is 0 Å². The van der Waals surface area contributed by atoms with Crippen molar-refractivity contribution in [2.24, 2.45) is 5.92 Å². The van der Waals surface area contributed by atoms with E-state index >= 15 is 0 Å². The lowest BCUT2D eigenvalue weighted by atomic mass is 9.33. The maximum atomic E-state index is 2.80. The van der Waals surface area contributed by atoms with Gasteiger partial charge in [0.25, 0.3) is 6.71 Å². The van der Waals surface area contributed by atoms with E-state index in [0.717, 1.165) is 0 Å². The van der Waals surface area contributed by atoms with Crippen LogP contribution < -0.4 is 26.2 Å². The van der Waals surface area contributed by atoms with E-state index in [1.807, 2.05) is 0 Å². The lowest BCUT2D eigenvalue weighted by molar-refractivity contribution is 0.332. The molecule has 0 radical (unpaired) electrons. The van der Waals surface area contributed by atoms with Crippen molar-refractivity contribution in [3.8, 4) is 0 Å². The van der Waals surface area contributed by atoms with E-state index in [9.17, 15) is 0 Å². The minimum atomic E-state index is -1.54. The van der Waals surface area contributed by atoms with Gasteiger partial charge in [-0.15, -0.1) is 11.3 Å². The number of aryl methyl sites for hydroxylation is 1. The lowest BCUT2D eigenvalue weighted by Crippen LogP contribution is -2.61. The zero-order valence-corrected chi connectivity index (χ0v) is 52.3. The van der Waals surface area contributed by atoms with Crippen LogP contribution in [0.4, 0.5) is 33.4 Å². The number of allylic oxidation sites excluding steroid dienone is 4. The second-order valence-electron chi connectivity index (χ2n) is 31.1. The van der Waals surface area contributed by atoms with Crippen molar-refractivity contribution < 1.29 is 0 Å². The Hall–Kier alpha value is -4.58. The van der Waals surface area contributed by atoms with E-state index in [1.165, 1.54) is 137 Å². The fraction of sp³-hybridized carbons (Fsp3) is 0.493. The molecule has 0 spiro atoms. The van der Waals surface area contributed by atoms with Gasteiger partial charge >= 0.3 is 0 Å². The van der Waals surface area contributed by atoms with Crippen molar-refractivity contribution in [2.45, 2.75) is 220 Å². The first-order valence-electron chi connectivity index (χ1n) is 29.5. The van der Waals surface area contributed by atoms with E-state index in [-0.39, 0.29) is 50.5 Å². The average molecular weight is 1040 g/mol. The normalized spacial score (nSPS) is 23.0. The van der Waals surface area contributed by atoms with Gasteiger partial charge in [-0.1, -0.05) is 178 Å². The van der Waals surface area contributed by atoms with Gasteiger partial charge in [0.2, 0.25) is 0 Å². The maximum Gasteiger partial charge on any atom is 0.254 e. The number of hydrogen-bond acceptors (Lipinski definition) is 3. The largest absolute Gasteiger partial charge is 0.311 e. The molecule has 2 nitrogen and oxygen atoms in total. The highest BCUT2D eigenvalue weighted by Crippen LogP contribution is 2.56. The Morgan fingerprint density at radius 1 is 0.553 bits per heavy atom. The van der Waals surface area contributed by atoms with E-state index in [1.54, 1.807) is 16.3 Å². The topological polar surface area (TPSA) is 6.48 Å². The number of rotatable bonds is 4. The molecule has 4 aliphatic carbocycles. The summed E-state index contributed by atoms with van der Waals surface area (Å²) in [7, 11) is -1.54. The molecule has 6 aliphatic rings. The number of benzene rings is 5. The molecule has 6 aromatic rings. The van der Waals surface area contributed by atoms with Gasteiger partial charge in [-0.2, -0.15) is 0 Å². The molecule has 0 saturated carbocycles. The van der Waals surface area contributed by atoms with E-state index < -0.39 is 8.07 Å². The van der Waals surface area contributed by atoms with Crippen molar-refractivity contribution in [1.82, 2.24) is 0 Å². The zero-order chi connectivity index (χ0) is 54.6. The summed E-state index contributed by atoms with van der Waals surface area (Å²) in [5.41, 5.74) is 24.8. The summed E-state index contributed by atoms with van der Waals surface area (Å²) in [6.45, 7) is 49.6. The number of fused-ring (bicyclic) bond motifs is 9. The van der Waals surface area contributed by atoms with Crippen LogP contribution in [0.15, 0.2) is 96.2 Å². The van der Waals surface area contributed by atoms with Crippen LogP contribution in [0.3, 0.4) is 0 Å². The van der Waals surface area contributed by atoms with Crippen molar-refractivity contribution in [1.29, 1.82) is 0 Å². The predicted octanol–water partition coefficient (Wildman–Crippen LogP) is 18.7. The molecule has 0 fully saturated rings. The monoisotopic (exact) mass is 1040 g/mol. The van der Waals surface area contributed by atoms with Crippen molar-refractivity contribution in [3.05, 3.63) is 146 Å². The Kier molecular flexibility index (Phi) is 11.3. The van der Waals surface area contributed by atoms with Gasteiger partial charge in [0.1, 0.15) is 0 Å². The third kappa shape index (κ3) is 7.85. The summed E-state index contributed by atoms with van der Waals surface area (Å²) in [5.74, 6) is 0.596. The summed E-state index contributed by atoms with van der Waals surface area (Å²) >= 11 is 2.06. The van der Waals surface area contributed by atoms with Crippen LogP contribution in [0.5, 0.6) is 0 Å². The second-order valence-corrected chi connectivity index (χ2v) is 37.3. The van der Waals surface area contributed by atoms with Crippen LogP contribution in [0, 0.1) is 12.8 Å². The van der Waals surface area contributed by atoms with Crippen molar-refractivity contribution >= 4 is 86.0 Å². The quantitative estimate of drug-likeness (QED) is 0.162. The molecule has 76 heavy (non-hydrogen) atoms. The summed E-state index contributed by atoms with van der Waals surface area (Å²) in [6.07, 6.45) is 14.9. The van der Waals surface area contributed by atoms with Crippen LogP contribution in [-0.4, -0.2) is 14.8 Å². The Labute approximate surface area is 465 Å². The minimum absolute atomic E-state index is 0.0381. The molecule has 0 N–H and O–H groups in total. The van der Waals surface area contributed by atoms with Crippen LogP contribution >= 0.6 is 11.3 Å². The molecule has 5 aromatic carbocycles. The number of nitrogens with zero attached hydrogens (tertiary/aromatic N) is 2. The van der Waals surface area contributed by atoms with Gasteiger partial charge in [-0.05, 0) is 210 Å². The summed E-state index contributed by atoms with van der Waals surface area (Å²) in [5, 5.41) is 4.41. The first-order valence-corrected chi connectivity index (χ1v) is 33.8. The standard InChI is InChI=1S/C71H89BN2SSi/c1-42-33-47(76(18,19)20)23-24-48(42)44-35-59-63-60(36-44)74(57-40-54-51(34-43(57)2)67(8,9)29-31-70(54,14)15)58-37-45(65(3,4)5)21-26-56(58)72(63)62-49-39-53-55(71(16,17)32-30-69(53,12)13)41-61(49)75-64(62)73(59)46-22-25-50-52(38-46)68(10,11)28-27-66(50,6)7/h21-26,33-42,48H,27-32H2,1-20H3. The summed E-state index contributed by atoms with van der Waals surface area (Å²) in [6, 6.07) is 31.4. The molecule has 5 heteroatoms. The van der Waals surface area contributed by atoms with Gasteiger partial charge in [-0.3, -0.25) is 0 Å².